The standard InChI is InChI=1S/C29H24N2O5/c1-33-26-15-20(11-13-24(26)34-17-19-7-3-2-4-8-19)28-30-23-10-6-5-9-22(23)29(32)31(28)21-12-14-25-27(16-21)36-18-35-25/h2-16,28,30H,17-18H2,1H3/t28-/m0/s1. The summed E-state index contributed by atoms with van der Waals surface area (Å²) >= 11 is 0. The molecule has 0 aromatic heterocycles. The van der Waals surface area contributed by atoms with Crippen LogP contribution in [0.25, 0.3) is 0 Å². The number of hydrogen-bond acceptors (Lipinski definition) is 6. The van der Waals surface area contributed by atoms with Gasteiger partial charge in [-0.1, -0.05) is 48.5 Å². The summed E-state index contributed by atoms with van der Waals surface area (Å²) in [5, 5.41) is 3.53. The van der Waals surface area contributed by atoms with Gasteiger partial charge in [0, 0.05) is 11.8 Å². The third-order valence-corrected chi connectivity index (χ3v) is 6.30. The van der Waals surface area contributed by atoms with Crippen LogP contribution in [0.15, 0.2) is 91.0 Å². The van der Waals surface area contributed by atoms with Crippen LogP contribution < -0.4 is 29.2 Å². The van der Waals surface area contributed by atoms with E-state index in [-0.39, 0.29) is 12.7 Å². The Morgan fingerprint density at radius 1 is 0.889 bits per heavy atom. The van der Waals surface area contributed by atoms with E-state index in [0.717, 1.165) is 16.8 Å². The Labute approximate surface area is 208 Å². The number of para-hydroxylation sites is 1. The first-order valence-electron chi connectivity index (χ1n) is 11.6. The Bertz CT molecular complexity index is 1420. The van der Waals surface area contributed by atoms with Crippen molar-refractivity contribution in [2.45, 2.75) is 12.8 Å². The predicted octanol–water partition coefficient (Wildman–Crippen LogP) is 5.77. The molecule has 2 heterocycles. The lowest BCUT2D eigenvalue weighted by molar-refractivity contribution is 0.0975. The minimum Gasteiger partial charge on any atom is -0.493 e. The van der Waals surface area contributed by atoms with Gasteiger partial charge < -0.3 is 24.3 Å². The molecular formula is C29H24N2O5. The van der Waals surface area contributed by atoms with E-state index >= 15 is 0 Å². The van der Waals surface area contributed by atoms with E-state index < -0.39 is 6.17 Å². The minimum absolute atomic E-state index is 0.114. The van der Waals surface area contributed by atoms with Gasteiger partial charge in [-0.15, -0.1) is 0 Å². The maximum absolute atomic E-state index is 13.7. The number of hydrogen-bond donors (Lipinski definition) is 1. The highest BCUT2D eigenvalue weighted by atomic mass is 16.7. The second-order valence-corrected chi connectivity index (χ2v) is 8.49. The van der Waals surface area contributed by atoms with Crippen molar-refractivity contribution in [3.8, 4) is 23.0 Å². The lowest BCUT2D eigenvalue weighted by Crippen LogP contribution is -2.43. The van der Waals surface area contributed by atoms with Crippen LogP contribution in [0.2, 0.25) is 0 Å². The Morgan fingerprint density at radius 2 is 1.69 bits per heavy atom. The predicted molar refractivity (Wildman–Crippen MR) is 136 cm³/mol. The normalized spacial score (nSPS) is 15.8. The van der Waals surface area contributed by atoms with Crippen molar-refractivity contribution in [2.24, 2.45) is 0 Å². The summed E-state index contributed by atoms with van der Waals surface area (Å²) in [6, 6.07) is 28.7. The molecule has 0 spiro atoms. The minimum atomic E-state index is -0.482. The third kappa shape index (κ3) is 3.94. The van der Waals surface area contributed by atoms with Gasteiger partial charge >= 0.3 is 0 Å². The summed E-state index contributed by atoms with van der Waals surface area (Å²) in [7, 11) is 1.61. The molecule has 0 radical (unpaired) electrons. The lowest BCUT2D eigenvalue weighted by Gasteiger charge is -2.38. The summed E-state index contributed by atoms with van der Waals surface area (Å²) in [6.45, 7) is 0.590. The van der Waals surface area contributed by atoms with Gasteiger partial charge in [-0.2, -0.15) is 0 Å². The van der Waals surface area contributed by atoms with Crippen LogP contribution in [0.4, 0.5) is 11.4 Å². The van der Waals surface area contributed by atoms with Crippen molar-refractivity contribution in [2.75, 3.05) is 24.1 Å². The zero-order valence-corrected chi connectivity index (χ0v) is 19.6. The fourth-order valence-corrected chi connectivity index (χ4v) is 4.50. The molecule has 4 aromatic carbocycles. The fourth-order valence-electron chi connectivity index (χ4n) is 4.50. The second kappa shape index (κ2) is 9.19. The van der Waals surface area contributed by atoms with Gasteiger partial charge in [-0.05, 0) is 47.5 Å². The van der Waals surface area contributed by atoms with Gasteiger partial charge in [0.2, 0.25) is 6.79 Å². The number of methoxy groups -OCH3 is 1. The Kier molecular flexibility index (Phi) is 5.58. The molecule has 0 fully saturated rings. The number of rotatable bonds is 6. The maximum atomic E-state index is 13.7. The van der Waals surface area contributed by atoms with Gasteiger partial charge in [0.1, 0.15) is 12.8 Å². The number of fused-ring (bicyclic) bond motifs is 2. The van der Waals surface area contributed by atoms with Crippen LogP contribution in [0, 0.1) is 0 Å². The van der Waals surface area contributed by atoms with E-state index in [1.165, 1.54) is 0 Å². The molecule has 180 valence electrons. The summed E-state index contributed by atoms with van der Waals surface area (Å²) in [6.07, 6.45) is -0.482. The van der Waals surface area contributed by atoms with E-state index in [2.05, 4.69) is 5.32 Å². The molecule has 0 unspecified atom stereocenters. The first kappa shape index (κ1) is 21.9. The quantitative estimate of drug-likeness (QED) is 0.378. The van der Waals surface area contributed by atoms with Crippen molar-refractivity contribution in [1.29, 1.82) is 0 Å². The lowest BCUT2D eigenvalue weighted by atomic mass is 10.0. The summed E-state index contributed by atoms with van der Waals surface area (Å²) in [4.78, 5) is 15.5. The van der Waals surface area contributed by atoms with E-state index in [0.29, 0.717) is 40.9 Å². The van der Waals surface area contributed by atoms with Gasteiger partial charge in [0.15, 0.2) is 23.0 Å². The molecule has 1 amide bonds. The highest BCUT2D eigenvalue weighted by Gasteiger charge is 2.35. The summed E-state index contributed by atoms with van der Waals surface area (Å²) < 4.78 is 22.7. The molecule has 1 N–H and O–H groups in total. The zero-order valence-electron chi connectivity index (χ0n) is 19.6. The maximum Gasteiger partial charge on any atom is 0.262 e. The molecule has 4 aromatic rings. The number of amides is 1. The average molecular weight is 481 g/mol. The first-order chi connectivity index (χ1) is 17.7. The van der Waals surface area contributed by atoms with Gasteiger partial charge in [0.05, 0.1) is 18.4 Å². The molecule has 2 aliphatic rings. The SMILES string of the molecule is COc1cc([C@H]2Nc3ccccc3C(=O)N2c2ccc3c(c2)OCO3)ccc1OCc1ccccc1. The molecule has 0 saturated heterocycles. The number of ether oxygens (including phenoxy) is 4. The number of carbonyl (C=O) groups is 1. The van der Waals surface area contributed by atoms with Crippen molar-refractivity contribution in [1.82, 2.24) is 0 Å². The molecule has 2 aliphatic heterocycles. The molecule has 7 nitrogen and oxygen atoms in total. The van der Waals surface area contributed by atoms with Gasteiger partial charge in [0.25, 0.3) is 5.91 Å². The highest BCUT2D eigenvalue weighted by molar-refractivity contribution is 6.12. The highest BCUT2D eigenvalue weighted by Crippen LogP contribution is 2.42. The zero-order chi connectivity index (χ0) is 24.5. The van der Waals surface area contributed by atoms with Gasteiger partial charge in [-0.25, -0.2) is 0 Å². The molecule has 6 rings (SSSR count). The smallest absolute Gasteiger partial charge is 0.262 e. The van der Waals surface area contributed by atoms with E-state index in [4.69, 9.17) is 18.9 Å². The van der Waals surface area contributed by atoms with E-state index in [1.807, 2.05) is 91.0 Å². The molecule has 0 bridgehead atoms. The van der Waals surface area contributed by atoms with Crippen molar-refractivity contribution >= 4 is 17.3 Å². The topological polar surface area (TPSA) is 69.3 Å². The van der Waals surface area contributed by atoms with Crippen LogP contribution in [-0.2, 0) is 6.61 Å². The Morgan fingerprint density at radius 3 is 2.56 bits per heavy atom. The van der Waals surface area contributed by atoms with Crippen LogP contribution in [0.3, 0.4) is 0 Å². The number of carbonyl (C=O) groups excluding carboxylic acids is 1. The van der Waals surface area contributed by atoms with E-state index in [9.17, 15) is 4.79 Å². The summed E-state index contributed by atoms with van der Waals surface area (Å²) in [5.41, 5.74) is 3.97. The number of anilines is 2. The fraction of sp³-hybridized carbons (Fsp3) is 0.138. The van der Waals surface area contributed by atoms with E-state index in [1.54, 1.807) is 12.0 Å². The number of benzene rings is 4. The molecule has 36 heavy (non-hydrogen) atoms. The molecule has 7 heteroatoms. The average Bonchev–Trinajstić information content (AvgIpc) is 3.40. The molecule has 1 atom stereocenters. The first-order valence-corrected chi connectivity index (χ1v) is 11.6. The molecule has 0 aliphatic carbocycles. The number of nitrogens with zero attached hydrogens (tertiary/aromatic N) is 1. The largest absolute Gasteiger partial charge is 0.493 e. The Balaban J connectivity index is 1.37. The Hall–Kier alpha value is -4.65. The van der Waals surface area contributed by atoms with Crippen LogP contribution in [-0.4, -0.2) is 19.8 Å². The second-order valence-electron chi connectivity index (χ2n) is 8.49. The van der Waals surface area contributed by atoms with Crippen molar-refractivity contribution in [3.63, 3.8) is 0 Å². The molecular weight excluding hydrogens is 456 g/mol. The van der Waals surface area contributed by atoms with Crippen molar-refractivity contribution < 1.29 is 23.7 Å². The summed E-state index contributed by atoms with van der Waals surface area (Å²) in [5.74, 6) is 2.37. The van der Waals surface area contributed by atoms with Crippen molar-refractivity contribution in [3.05, 3.63) is 108 Å². The molecule has 0 saturated carbocycles. The van der Waals surface area contributed by atoms with Crippen LogP contribution >= 0.6 is 0 Å². The van der Waals surface area contributed by atoms with Gasteiger partial charge in [-0.3, -0.25) is 9.69 Å². The monoisotopic (exact) mass is 480 g/mol. The van der Waals surface area contributed by atoms with Crippen LogP contribution in [0.1, 0.15) is 27.7 Å². The van der Waals surface area contributed by atoms with Crippen LogP contribution in [0.5, 0.6) is 23.0 Å². The number of nitrogens with one attached hydrogen (secondary N) is 1. The third-order valence-electron chi connectivity index (χ3n) is 6.30.